The van der Waals surface area contributed by atoms with Gasteiger partial charge in [0.2, 0.25) is 23.6 Å². The second-order valence-corrected chi connectivity index (χ2v) is 9.84. The standard InChI is InChI=1S/C28H32N4O6/c1-37-21-7-3-19(4-8-21)17-31-25(33)15-23(27(31)35)29-11-13-30(14-12-29)24-16-26(34)32(28(24)36)18-20-5-9-22(38-2)10-6-20/h3-10,23-24H,11-18H2,1-2H3/t23-,24+. The molecule has 2 atom stereocenters. The van der Waals surface area contributed by atoms with Crippen LogP contribution in [0.4, 0.5) is 0 Å². The van der Waals surface area contributed by atoms with Crippen LogP contribution in [0.3, 0.4) is 0 Å². The molecule has 3 heterocycles. The van der Waals surface area contributed by atoms with Crippen LogP contribution >= 0.6 is 0 Å². The van der Waals surface area contributed by atoms with E-state index in [-0.39, 0.29) is 49.6 Å². The molecule has 0 aromatic heterocycles. The first-order chi connectivity index (χ1) is 18.4. The van der Waals surface area contributed by atoms with E-state index in [1.807, 2.05) is 58.3 Å². The highest BCUT2D eigenvalue weighted by atomic mass is 16.5. The fraction of sp³-hybridized carbons (Fsp3) is 0.429. The quantitative estimate of drug-likeness (QED) is 0.480. The molecule has 10 nitrogen and oxygen atoms in total. The number of benzene rings is 2. The fourth-order valence-electron chi connectivity index (χ4n) is 5.42. The van der Waals surface area contributed by atoms with Crippen LogP contribution in [0.5, 0.6) is 11.5 Å². The highest BCUT2D eigenvalue weighted by Crippen LogP contribution is 2.26. The summed E-state index contributed by atoms with van der Waals surface area (Å²) in [5.41, 5.74) is 1.73. The van der Waals surface area contributed by atoms with E-state index in [1.165, 1.54) is 9.80 Å². The fourth-order valence-corrected chi connectivity index (χ4v) is 5.42. The smallest absolute Gasteiger partial charge is 0.247 e. The molecule has 0 spiro atoms. The van der Waals surface area contributed by atoms with Gasteiger partial charge in [-0.05, 0) is 35.4 Å². The number of likely N-dealkylation sites (tertiary alicyclic amines) is 2. The third-order valence-corrected chi connectivity index (χ3v) is 7.67. The zero-order valence-corrected chi connectivity index (χ0v) is 21.7. The van der Waals surface area contributed by atoms with E-state index < -0.39 is 12.1 Å². The molecular weight excluding hydrogens is 488 g/mol. The molecule has 2 aromatic carbocycles. The van der Waals surface area contributed by atoms with Crippen molar-refractivity contribution in [2.24, 2.45) is 0 Å². The number of imide groups is 2. The van der Waals surface area contributed by atoms with Crippen molar-refractivity contribution in [3.63, 3.8) is 0 Å². The first-order valence-corrected chi connectivity index (χ1v) is 12.8. The van der Waals surface area contributed by atoms with Gasteiger partial charge < -0.3 is 9.47 Å². The third-order valence-electron chi connectivity index (χ3n) is 7.67. The Morgan fingerprint density at radius 3 is 1.26 bits per heavy atom. The summed E-state index contributed by atoms with van der Waals surface area (Å²) in [6.07, 6.45) is 0.316. The Kier molecular flexibility index (Phi) is 7.44. The van der Waals surface area contributed by atoms with Crippen molar-refractivity contribution in [1.29, 1.82) is 0 Å². The first kappa shape index (κ1) is 25.9. The highest BCUT2D eigenvalue weighted by molar-refractivity contribution is 6.06. The second kappa shape index (κ2) is 10.9. The Bertz CT molecular complexity index is 1110. The summed E-state index contributed by atoms with van der Waals surface area (Å²) in [4.78, 5) is 58.4. The molecule has 0 aliphatic carbocycles. The number of carbonyl (C=O) groups is 4. The molecule has 3 aliphatic rings. The molecule has 3 aliphatic heterocycles. The van der Waals surface area contributed by atoms with E-state index in [0.717, 1.165) is 22.6 Å². The lowest BCUT2D eigenvalue weighted by atomic mass is 10.1. The zero-order chi connectivity index (χ0) is 26.8. The summed E-state index contributed by atoms with van der Waals surface area (Å²) >= 11 is 0. The summed E-state index contributed by atoms with van der Waals surface area (Å²) in [7, 11) is 3.18. The van der Waals surface area contributed by atoms with Crippen molar-refractivity contribution in [2.75, 3.05) is 40.4 Å². The Labute approximate surface area is 221 Å². The minimum Gasteiger partial charge on any atom is -0.497 e. The van der Waals surface area contributed by atoms with Crippen LogP contribution in [-0.4, -0.2) is 95.7 Å². The number of methoxy groups -OCH3 is 2. The molecule has 0 radical (unpaired) electrons. The van der Waals surface area contributed by atoms with Crippen LogP contribution < -0.4 is 9.47 Å². The van der Waals surface area contributed by atoms with E-state index in [1.54, 1.807) is 14.2 Å². The summed E-state index contributed by atoms with van der Waals surface area (Å²) in [6.45, 7) is 2.68. The van der Waals surface area contributed by atoms with Crippen molar-refractivity contribution >= 4 is 23.6 Å². The van der Waals surface area contributed by atoms with E-state index in [9.17, 15) is 19.2 Å². The number of amides is 4. The molecule has 2 aromatic rings. The number of nitrogens with zero attached hydrogens (tertiary/aromatic N) is 4. The maximum Gasteiger partial charge on any atom is 0.247 e. The molecule has 0 unspecified atom stereocenters. The molecule has 200 valence electrons. The SMILES string of the molecule is COc1ccc(CN2C(=O)C[C@@H](N3CCN([C@H]4CC(=O)N(Cc5ccc(OC)cc5)C4=O)CC3)C2=O)cc1. The van der Waals surface area contributed by atoms with Gasteiger partial charge in [0, 0.05) is 26.2 Å². The average molecular weight is 521 g/mol. The Balaban J connectivity index is 1.15. The predicted molar refractivity (Wildman–Crippen MR) is 137 cm³/mol. The van der Waals surface area contributed by atoms with E-state index in [0.29, 0.717) is 26.2 Å². The van der Waals surface area contributed by atoms with E-state index in [4.69, 9.17) is 9.47 Å². The van der Waals surface area contributed by atoms with Crippen LogP contribution in [0.25, 0.3) is 0 Å². The number of ether oxygens (including phenoxy) is 2. The van der Waals surface area contributed by atoms with Crippen LogP contribution in [0.15, 0.2) is 48.5 Å². The first-order valence-electron chi connectivity index (χ1n) is 12.8. The monoisotopic (exact) mass is 520 g/mol. The van der Waals surface area contributed by atoms with Crippen molar-refractivity contribution in [3.8, 4) is 11.5 Å². The lowest BCUT2D eigenvalue weighted by Gasteiger charge is -2.38. The summed E-state index contributed by atoms with van der Waals surface area (Å²) in [6, 6.07) is 13.7. The second-order valence-electron chi connectivity index (χ2n) is 9.84. The average Bonchev–Trinajstić information content (AvgIpc) is 3.39. The molecule has 4 amide bonds. The molecule has 0 bridgehead atoms. The highest BCUT2D eigenvalue weighted by Gasteiger charge is 2.46. The third kappa shape index (κ3) is 5.14. The van der Waals surface area contributed by atoms with Gasteiger partial charge in [0.1, 0.15) is 11.5 Å². The number of rotatable bonds is 8. The van der Waals surface area contributed by atoms with Crippen molar-refractivity contribution in [3.05, 3.63) is 59.7 Å². The molecule has 3 saturated heterocycles. The van der Waals surface area contributed by atoms with Gasteiger partial charge in [0.15, 0.2) is 0 Å². The van der Waals surface area contributed by atoms with Crippen LogP contribution in [-0.2, 0) is 32.3 Å². The minimum atomic E-state index is -0.490. The lowest BCUT2D eigenvalue weighted by Crippen LogP contribution is -2.56. The van der Waals surface area contributed by atoms with Crippen LogP contribution in [0, 0.1) is 0 Å². The summed E-state index contributed by atoms with van der Waals surface area (Å²) < 4.78 is 10.3. The van der Waals surface area contributed by atoms with Crippen molar-refractivity contribution < 1.29 is 28.7 Å². The molecule has 3 fully saturated rings. The Hall–Kier alpha value is -3.76. The normalized spacial score (nSPS) is 23.0. The molecular formula is C28H32N4O6. The van der Waals surface area contributed by atoms with Gasteiger partial charge in [0.05, 0.1) is 52.2 Å². The number of piperazine rings is 1. The van der Waals surface area contributed by atoms with Gasteiger partial charge in [-0.2, -0.15) is 0 Å². The van der Waals surface area contributed by atoms with Crippen molar-refractivity contribution in [1.82, 2.24) is 19.6 Å². The van der Waals surface area contributed by atoms with Gasteiger partial charge >= 0.3 is 0 Å². The molecule has 0 N–H and O–H groups in total. The van der Waals surface area contributed by atoms with Gasteiger partial charge in [-0.1, -0.05) is 24.3 Å². The summed E-state index contributed by atoms with van der Waals surface area (Å²) in [5, 5.41) is 0. The van der Waals surface area contributed by atoms with Crippen LogP contribution in [0.1, 0.15) is 24.0 Å². The topological polar surface area (TPSA) is 99.7 Å². The Morgan fingerprint density at radius 2 is 0.947 bits per heavy atom. The van der Waals surface area contributed by atoms with Crippen molar-refractivity contribution in [2.45, 2.75) is 38.0 Å². The van der Waals surface area contributed by atoms with E-state index in [2.05, 4.69) is 0 Å². The molecule has 38 heavy (non-hydrogen) atoms. The number of hydrogen-bond acceptors (Lipinski definition) is 8. The number of hydrogen-bond donors (Lipinski definition) is 0. The Morgan fingerprint density at radius 1 is 0.605 bits per heavy atom. The van der Waals surface area contributed by atoms with Gasteiger partial charge in [0.25, 0.3) is 0 Å². The minimum absolute atomic E-state index is 0.158. The molecule has 10 heteroatoms. The molecule has 0 saturated carbocycles. The maximum atomic E-state index is 13.1. The lowest BCUT2D eigenvalue weighted by molar-refractivity contribution is -0.143. The predicted octanol–water partition coefficient (Wildman–Crippen LogP) is 1.28. The van der Waals surface area contributed by atoms with E-state index >= 15 is 0 Å². The molecule has 5 rings (SSSR count). The van der Waals surface area contributed by atoms with Gasteiger partial charge in [-0.3, -0.25) is 38.8 Å². The van der Waals surface area contributed by atoms with Crippen LogP contribution in [0.2, 0.25) is 0 Å². The number of carbonyl (C=O) groups excluding carboxylic acids is 4. The maximum absolute atomic E-state index is 13.1. The zero-order valence-electron chi connectivity index (χ0n) is 21.7. The van der Waals surface area contributed by atoms with Gasteiger partial charge in [-0.15, -0.1) is 0 Å². The largest absolute Gasteiger partial charge is 0.497 e. The summed E-state index contributed by atoms with van der Waals surface area (Å²) in [5.74, 6) is 0.715. The van der Waals surface area contributed by atoms with Gasteiger partial charge in [-0.25, -0.2) is 0 Å².